The lowest BCUT2D eigenvalue weighted by Gasteiger charge is -2.28. The standard InChI is InChI=1S/C19H21N5O3S/c1-3-24(16-8-9-28(26,27)12-16)18-10-17(21-13(2)22-18)19(25)23-15-6-4-14(11-20)5-7-15/h4-7,10,16H,3,8-9,12H2,1-2H3,(H,23,25). The van der Waals surface area contributed by atoms with E-state index >= 15 is 0 Å². The molecule has 1 aromatic heterocycles. The lowest BCUT2D eigenvalue weighted by atomic mass is 10.2. The molecule has 8 nitrogen and oxygen atoms in total. The number of carbonyl (C=O) groups is 1. The summed E-state index contributed by atoms with van der Waals surface area (Å²) in [6.07, 6.45) is 0.548. The molecule has 0 saturated carbocycles. The quantitative estimate of drug-likeness (QED) is 0.816. The van der Waals surface area contributed by atoms with Crippen LogP contribution in [0, 0.1) is 18.3 Å². The molecule has 0 bridgehead atoms. The minimum atomic E-state index is -3.03. The predicted octanol–water partition coefficient (Wildman–Crippen LogP) is 1.92. The number of hydrogen-bond acceptors (Lipinski definition) is 7. The van der Waals surface area contributed by atoms with Crippen molar-refractivity contribution in [2.45, 2.75) is 26.3 Å². The number of nitriles is 1. The van der Waals surface area contributed by atoms with Crippen molar-refractivity contribution in [1.82, 2.24) is 9.97 Å². The summed E-state index contributed by atoms with van der Waals surface area (Å²) < 4.78 is 23.7. The minimum Gasteiger partial charge on any atom is -0.353 e. The highest BCUT2D eigenvalue weighted by molar-refractivity contribution is 7.91. The molecule has 1 saturated heterocycles. The molecule has 1 fully saturated rings. The van der Waals surface area contributed by atoms with Crippen molar-refractivity contribution in [3.05, 3.63) is 47.4 Å². The number of benzene rings is 1. The third-order valence-electron chi connectivity index (χ3n) is 4.61. The van der Waals surface area contributed by atoms with Crippen molar-refractivity contribution in [1.29, 1.82) is 5.26 Å². The van der Waals surface area contributed by atoms with Crippen LogP contribution < -0.4 is 10.2 Å². The summed E-state index contributed by atoms with van der Waals surface area (Å²) in [4.78, 5) is 23.2. The molecule has 1 aliphatic rings. The Morgan fingerprint density at radius 3 is 2.61 bits per heavy atom. The molecule has 0 aliphatic carbocycles. The van der Waals surface area contributed by atoms with E-state index in [1.807, 2.05) is 17.9 Å². The number of amides is 1. The molecule has 28 heavy (non-hydrogen) atoms. The van der Waals surface area contributed by atoms with E-state index < -0.39 is 15.7 Å². The van der Waals surface area contributed by atoms with Crippen LogP contribution in [0.5, 0.6) is 0 Å². The van der Waals surface area contributed by atoms with Crippen LogP contribution in [0.2, 0.25) is 0 Å². The van der Waals surface area contributed by atoms with E-state index in [-0.39, 0.29) is 23.2 Å². The van der Waals surface area contributed by atoms with Crippen molar-refractivity contribution >= 4 is 27.2 Å². The first-order valence-corrected chi connectivity index (χ1v) is 10.8. The molecule has 1 amide bonds. The van der Waals surface area contributed by atoms with Gasteiger partial charge in [0.15, 0.2) is 9.84 Å². The number of aromatic nitrogens is 2. The molecule has 1 aromatic carbocycles. The largest absolute Gasteiger partial charge is 0.353 e. The number of aryl methyl sites for hydroxylation is 1. The third-order valence-corrected chi connectivity index (χ3v) is 6.36. The number of rotatable bonds is 5. The summed E-state index contributed by atoms with van der Waals surface area (Å²) in [5, 5.41) is 11.6. The zero-order chi connectivity index (χ0) is 20.3. The molecule has 1 N–H and O–H groups in total. The molecule has 1 aliphatic heterocycles. The van der Waals surface area contributed by atoms with Crippen molar-refractivity contribution in [3.63, 3.8) is 0 Å². The zero-order valence-corrected chi connectivity index (χ0v) is 16.5. The Labute approximate surface area is 164 Å². The minimum absolute atomic E-state index is 0.0939. The van der Waals surface area contributed by atoms with Crippen LogP contribution in [0.1, 0.15) is 35.2 Å². The summed E-state index contributed by atoms with van der Waals surface area (Å²) in [5.74, 6) is 0.844. The van der Waals surface area contributed by atoms with Gasteiger partial charge in [0.25, 0.3) is 5.91 Å². The maximum atomic E-state index is 12.6. The van der Waals surface area contributed by atoms with Gasteiger partial charge < -0.3 is 10.2 Å². The van der Waals surface area contributed by atoms with Crippen LogP contribution in [-0.2, 0) is 9.84 Å². The normalized spacial score (nSPS) is 17.7. The van der Waals surface area contributed by atoms with E-state index in [0.717, 1.165) is 0 Å². The van der Waals surface area contributed by atoms with Crippen LogP contribution in [0.3, 0.4) is 0 Å². The highest BCUT2D eigenvalue weighted by Crippen LogP contribution is 2.23. The maximum Gasteiger partial charge on any atom is 0.274 e. The van der Waals surface area contributed by atoms with Gasteiger partial charge >= 0.3 is 0 Å². The van der Waals surface area contributed by atoms with Gasteiger partial charge in [0.1, 0.15) is 17.3 Å². The van der Waals surface area contributed by atoms with Crippen LogP contribution in [0.4, 0.5) is 11.5 Å². The Morgan fingerprint density at radius 1 is 1.32 bits per heavy atom. The summed E-state index contributed by atoms with van der Waals surface area (Å²) in [6.45, 7) is 4.20. The summed E-state index contributed by atoms with van der Waals surface area (Å²) in [5.41, 5.74) is 1.26. The molecule has 146 valence electrons. The first kappa shape index (κ1) is 19.8. The Morgan fingerprint density at radius 2 is 2.04 bits per heavy atom. The smallest absolute Gasteiger partial charge is 0.274 e. The summed E-state index contributed by atoms with van der Waals surface area (Å²) in [7, 11) is -3.03. The van der Waals surface area contributed by atoms with Crippen LogP contribution in [0.25, 0.3) is 0 Å². The van der Waals surface area contributed by atoms with E-state index in [0.29, 0.717) is 35.9 Å². The Bertz CT molecular complexity index is 1030. The van der Waals surface area contributed by atoms with Gasteiger partial charge in [-0.05, 0) is 44.5 Å². The molecule has 1 unspecified atom stereocenters. The van der Waals surface area contributed by atoms with Gasteiger partial charge in [-0.3, -0.25) is 4.79 Å². The first-order valence-electron chi connectivity index (χ1n) is 8.95. The van der Waals surface area contributed by atoms with E-state index in [1.54, 1.807) is 37.3 Å². The monoisotopic (exact) mass is 399 g/mol. The molecule has 9 heteroatoms. The molecule has 0 spiro atoms. The molecule has 3 rings (SSSR count). The van der Waals surface area contributed by atoms with Gasteiger partial charge in [0.05, 0.1) is 23.1 Å². The fraction of sp³-hybridized carbons (Fsp3) is 0.368. The van der Waals surface area contributed by atoms with E-state index in [9.17, 15) is 13.2 Å². The lowest BCUT2D eigenvalue weighted by Crippen LogP contribution is -2.37. The Balaban J connectivity index is 1.83. The fourth-order valence-corrected chi connectivity index (χ4v) is 5.00. The lowest BCUT2D eigenvalue weighted by molar-refractivity contribution is 0.102. The zero-order valence-electron chi connectivity index (χ0n) is 15.7. The fourth-order valence-electron chi connectivity index (χ4n) is 3.27. The van der Waals surface area contributed by atoms with Crippen molar-refractivity contribution in [2.75, 3.05) is 28.3 Å². The van der Waals surface area contributed by atoms with Gasteiger partial charge in [-0.15, -0.1) is 0 Å². The summed E-state index contributed by atoms with van der Waals surface area (Å²) in [6, 6.07) is 9.98. The van der Waals surface area contributed by atoms with Gasteiger partial charge in [0.2, 0.25) is 0 Å². The average molecular weight is 399 g/mol. The molecular formula is C19H21N5O3S. The van der Waals surface area contributed by atoms with Crippen molar-refractivity contribution < 1.29 is 13.2 Å². The number of carbonyl (C=O) groups excluding carboxylic acids is 1. The summed E-state index contributed by atoms with van der Waals surface area (Å²) >= 11 is 0. The Kier molecular flexibility index (Phi) is 5.61. The second-order valence-electron chi connectivity index (χ2n) is 6.64. The maximum absolute atomic E-state index is 12.6. The second-order valence-corrected chi connectivity index (χ2v) is 8.87. The number of nitrogens with one attached hydrogen (secondary N) is 1. The van der Waals surface area contributed by atoms with Crippen LogP contribution in [-0.4, -0.2) is 48.4 Å². The number of anilines is 2. The second kappa shape index (κ2) is 7.94. The molecular weight excluding hydrogens is 378 g/mol. The Hall–Kier alpha value is -2.99. The van der Waals surface area contributed by atoms with Gasteiger partial charge in [0, 0.05) is 24.3 Å². The van der Waals surface area contributed by atoms with Gasteiger partial charge in [-0.1, -0.05) is 0 Å². The van der Waals surface area contributed by atoms with Crippen molar-refractivity contribution in [3.8, 4) is 6.07 Å². The average Bonchev–Trinajstić information content (AvgIpc) is 3.02. The first-order chi connectivity index (χ1) is 13.3. The molecule has 2 heterocycles. The SMILES string of the molecule is CCN(c1cc(C(=O)Nc2ccc(C#N)cc2)nc(C)n1)C1CCS(=O)(=O)C1. The van der Waals surface area contributed by atoms with Gasteiger partial charge in [-0.25, -0.2) is 18.4 Å². The van der Waals surface area contributed by atoms with Crippen LogP contribution >= 0.6 is 0 Å². The van der Waals surface area contributed by atoms with Crippen LogP contribution in [0.15, 0.2) is 30.3 Å². The number of hydrogen-bond donors (Lipinski definition) is 1. The molecule has 0 radical (unpaired) electrons. The molecule has 2 aromatic rings. The topological polar surface area (TPSA) is 116 Å². The third kappa shape index (κ3) is 4.46. The van der Waals surface area contributed by atoms with Gasteiger partial charge in [-0.2, -0.15) is 5.26 Å². The predicted molar refractivity (Wildman–Crippen MR) is 106 cm³/mol. The number of sulfone groups is 1. The van der Waals surface area contributed by atoms with E-state index in [4.69, 9.17) is 5.26 Å². The number of nitrogens with zero attached hydrogens (tertiary/aromatic N) is 4. The van der Waals surface area contributed by atoms with Crippen molar-refractivity contribution in [2.24, 2.45) is 0 Å². The van der Waals surface area contributed by atoms with E-state index in [2.05, 4.69) is 15.3 Å². The van der Waals surface area contributed by atoms with E-state index in [1.165, 1.54) is 0 Å². The molecule has 1 atom stereocenters. The highest BCUT2D eigenvalue weighted by Gasteiger charge is 2.32. The highest BCUT2D eigenvalue weighted by atomic mass is 32.2.